The Balaban J connectivity index is 2.76. The average Bonchev–Trinajstić information content (AvgIpc) is 3.24. The Labute approximate surface area is 209 Å². The van der Waals surface area contributed by atoms with Crippen LogP contribution in [0.2, 0.25) is 36.3 Å². The van der Waals surface area contributed by atoms with Crippen molar-refractivity contribution in [2.24, 2.45) is 0 Å². The van der Waals surface area contributed by atoms with Gasteiger partial charge < -0.3 is 32.6 Å². The molecule has 2 aliphatic heterocycles. The highest BCUT2D eigenvalue weighted by Crippen LogP contribution is 2.50. The van der Waals surface area contributed by atoms with Gasteiger partial charge in [0.05, 0.1) is 7.11 Å². The van der Waals surface area contributed by atoms with E-state index in [9.17, 15) is 19.2 Å². The van der Waals surface area contributed by atoms with Crippen LogP contribution in [0, 0.1) is 0 Å². The molecule has 0 saturated carbocycles. The van der Waals surface area contributed by atoms with E-state index in [1.54, 1.807) is 0 Å². The summed E-state index contributed by atoms with van der Waals surface area (Å²) in [5, 5.41) is -0.578. The smallest absolute Gasteiger partial charge is 0.378 e. The van der Waals surface area contributed by atoms with Crippen molar-refractivity contribution in [2.45, 2.75) is 101 Å². The standard InChI is InChI=1S/C23H40O10Si2/c1-20(2,3)34(8,9)32-15(12-24)17(33-35(10,11)21(4,5)6)22-13-29-19(27)23(22,31-14-30-22)16(25)18(26)28-7/h12,15,17H,13-14H2,1-11H3/t15-,17-,22-,23-/m0/s1. The zero-order chi connectivity index (χ0) is 27.3. The molecule has 35 heavy (non-hydrogen) atoms. The average molecular weight is 533 g/mol. The summed E-state index contributed by atoms with van der Waals surface area (Å²) in [7, 11) is -4.22. The van der Waals surface area contributed by atoms with Crippen molar-refractivity contribution in [3.8, 4) is 0 Å². The number of Topliss-reactive ketones (excluding diaryl/α,β-unsaturated/α-hetero) is 1. The SMILES string of the molecule is COC(=O)C(=O)[C@@]12OCO[C@]1([C@@H](O[Si](C)(C)C(C)(C)C)[C@H](C=O)O[Si](C)(C)C(C)(C)C)COC2=O. The second kappa shape index (κ2) is 9.45. The minimum Gasteiger partial charge on any atom is -0.463 e. The number of cyclic esters (lactones) is 1. The fraction of sp³-hybridized carbons (Fsp3) is 0.826. The molecule has 4 atom stereocenters. The first kappa shape index (κ1) is 29.8. The van der Waals surface area contributed by atoms with Crippen LogP contribution < -0.4 is 0 Å². The monoisotopic (exact) mass is 532 g/mol. The normalized spacial score (nSPS) is 27.1. The molecule has 0 aliphatic carbocycles. The van der Waals surface area contributed by atoms with E-state index in [0.717, 1.165) is 7.11 Å². The Morgan fingerprint density at radius 3 is 1.94 bits per heavy atom. The summed E-state index contributed by atoms with van der Waals surface area (Å²) >= 11 is 0. The molecule has 2 aliphatic rings. The number of fused-ring (bicyclic) bond motifs is 1. The van der Waals surface area contributed by atoms with Crippen molar-refractivity contribution in [2.75, 3.05) is 20.5 Å². The van der Waals surface area contributed by atoms with Crippen molar-refractivity contribution in [3.63, 3.8) is 0 Å². The van der Waals surface area contributed by atoms with E-state index in [1.165, 1.54) is 0 Å². The summed E-state index contributed by atoms with van der Waals surface area (Å²) < 4.78 is 34.6. The van der Waals surface area contributed by atoms with E-state index < -0.39 is 71.2 Å². The number of aldehydes is 1. The number of ether oxygens (including phenoxy) is 4. The van der Waals surface area contributed by atoms with Gasteiger partial charge in [-0.25, -0.2) is 9.59 Å². The minimum atomic E-state index is -2.68. The molecular formula is C23H40O10Si2. The molecule has 0 aromatic heterocycles. The molecule has 0 N–H and O–H groups in total. The third-order valence-corrected chi connectivity index (χ3v) is 16.9. The molecule has 10 nitrogen and oxygen atoms in total. The van der Waals surface area contributed by atoms with Crippen LogP contribution in [0.25, 0.3) is 0 Å². The minimum absolute atomic E-state index is 0.262. The van der Waals surface area contributed by atoms with E-state index in [0.29, 0.717) is 6.29 Å². The highest BCUT2D eigenvalue weighted by atomic mass is 28.4. The molecule has 0 radical (unpaired) electrons. The van der Waals surface area contributed by atoms with E-state index in [1.807, 2.05) is 67.7 Å². The summed E-state index contributed by atoms with van der Waals surface area (Å²) in [5.41, 5.74) is -4.41. The highest BCUT2D eigenvalue weighted by molar-refractivity contribution is 6.74. The lowest BCUT2D eigenvalue weighted by molar-refractivity contribution is -0.175. The lowest BCUT2D eigenvalue weighted by atomic mass is 9.76. The molecule has 2 heterocycles. The van der Waals surface area contributed by atoms with E-state index in [4.69, 9.17) is 23.1 Å². The Hall–Kier alpha value is -1.45. The molecule has 0 spiro atoms. The summed E-state index contributed by atoms with van der Waals surface area (Å²) in [4.78, 5) is 51.3. The quantitative estimate of drug-likeness (QED) is 0.144. The first-order valence-electron chi connectivity index (χ1n) is 11.6. The van der Waals surface area contributed by atoms with Crippen molar-refractivity contribution in [3.05, 3.63) is 0 Å². The van der Waals surface area contributed by atoms with Gasteiger partial charge in [-0.15, -0.1) is 0 Å². The first-order chi connectivity index (χ1) is 15.7. The maximum atomic E-state index is 13.3. The number of esters is 2. The van der Waals surface area contributed by atoms with Crippen molar-refractivity contribution >= 4 is 40.6 Å². The number of rotatable bonds is 9. The molecule has 2 rings (SSSR count). The fourth-order valence-electron chi connectivity index (χ4n) is 3.65. The topological polar surface area (TPSA) is 124 Å². The van der Waals surface area contributed by atoms with E-state index in [-0.39, 0.29) is 10.1 Å². The zero-order valence-electron chi connectivity index (χ0n) is 22.7. The Kier molecular flexibility index (Phi) is 8.04. The van der Waals surface area contributed by atoms with Crippen LogP contribution in [-0.2, 0) is 47.0 Å². The van der Waals surface area contributed by atoms with Crippen LogP contribution in [-0.4, -0.2) is 84.6 Å². The first-order valence-corrected chi connectivity index (χ1v) is 17.4. The number of hydrogen-bond donors (Lipinski definition) is 0. The second-order valence-corrected chi connectivity index (χ2v) is 21.7. The molecule has 0 bridgehead atoms. The van der Waals surface area contributed by atoms with E-state index in [2.05, 4.69) is 4.74 Å². The van der Waals surface area contributed by atoms with Crippen LogP contribution in [0.5, 0.6) is 0 Å². The molecule has 200 valence electrons. The lowest BCUT2D eigenvalue weighted by Crippen LogP contribution is -2.71. The van der Waals surface area contributed by atoms with Gasteiger partial charge in [-0.2, -0.15) is 0 Å². The number of carbonyl (C=O) groups is 4. The summed E-state index contributed by atoms with van der Waals surface area (Å²) in [6.45, 7) is 19.0. The second-order valence-electron chi connectivity index (χ2n) is 12.2. The van der Waals surface area contributed by atoms with Crippen molar-refractivity contribution in [1.29, 1.82) is 0 Å². The molecule has 0 amide bonds. The number of ketones is 1. The Morgan fingerprint density at radius 1 is 0.971 bits per heavy atom. The molecular weight excluding hydrogens is 492 g/mol. The maximum absolute atomic E-state index is 13.3. The van der Waals surface area contributed by atoms with E-state index >= 15 is 0 Å². The Morgan fingerprint density at radius 2 is 1.49 bits per heavy atom. The van der Waals surface area contributed by atoms with Crippen LogP contribution >= 0.6 is 0 Å². The number of carbonyl (C=O) groups excluding carboxylic acids is 4. The number of methoxy groups -OCH3 is 1. The molecule has 0 aromatic rings. The van der Waals surface area contributed by atoms with Crippen LogP contribution in [0.15, 0.2) is 0 Å². The molecule has 0 unspecified atom stereocenters. The molecule has 12 heteroatoms. The molecule has 2 fully saturated rings. The predicted molar refractivity (Wildman–Crippen MR) is 131 cm³/mol. The largest absolute Gasteiger partial charge is 0.463 e. The van der Waals surface area contributed by atoms with Gasteiger partial charge in [-0.1, -0.05) is 41.5 Å². The van der Waals surface area contributed by atoms with Gasteiger partial charge in [0.15, 0.2) is 22.2 Å². The maximum Gasteiger partial charge on any atom is 0.378 e. The lowest BCUT2D eigenvalue weighted by Gasteiger charge is -2.48. The highest BCUT2D eigenvalue weighted by Gasteiger charge is 2.79. The van der Waals surface area contributed by atoms with Gasteiger partial charge in [0.2, 0.25) is 0 Å². The van der Waals surface area contributed by atoms with Crippen molar-refractivity contribution < 1.29 is 47.0 Å². The van der Waals surface area contributed by atoms with Gasteiger partial charge >= 0.3 is 11.9 Å². The molecule has 2 saturated heterocycles. The van der Waals surface area contributed by atoms with Gasteiger partial charge in [0.25, 0.3) is 11.4 Å². The van der Waals surface area contributed by atoms with Gasteiger partial charge in [-0.05, 0) is 36.3 Å². The van der Waals surface area contributed by atoms with Gasteiger partial charge in [0, 0.05) is 0 Å². The van der Waals surface area contributed by atoms with Crippen LogP contribution in [0.1, 0.15) is 41.5 Å². The molecule has 0 aromatic carbocycles. The summed E-state index contributed by atoms with van der Waals surface area (Å²) in [6, 6.07) is 0. The number of hydrogen-bond acceptors (Lipinski definition) is 10. The third kappa shape index (κ3) is 4.80. The van der Waals surface area contributed by atoms with Gasteiger partial charge in [-0.3, -0.25) is 4.79 Å². The van der Waals surface area contributed by atoms with Gasteiger partial charge in [0.1, 0.15) is 31.9 Å². The Bertz CT molecular complexity index is 873. The van der Waals surface area contributed by atoms with Crippen LogP contribution in [0.4, 0.5) is 0 Å². The van der Waals surface area contributed by atoms with Crippen molar-refractivity contribution in [1.82, 2.24) is 0 Å². The third-order valence-electron chi connectivity index (χ3n) is 7.94. The van der Waals surface area contributed by atoms with Crippen LogP contribution in [0.3, 0.4) is 0 Å². The predicted octanol–water partition coefficient (Wildman–Crippen LogP) is 2.75. The summed E-state index contributed by atoms with van der Waals surface area (Å²) in [6.07, 6.45) is -1.91. The summed E-state index contributed by atoms with van der Waals surface area (Å²) in [5.74, 6) is -3.66. The zero-order valence-corrected chi connectivity index (χ0v) is 24.7. The fourth-order valence-corrected chi connectivity index (χ4v) is 6.17.